The molecule has 0 aliphatic carbocycles. The molecule has 3 nitrogen and oxygen atoms in total. The second-order valence-corrected chi connectivity index (χ2v) is 4.26. The Morgan fingerprint density at radius 3 is 2.83 bits per heavy atom. The minimum atomic E-state index is 0.667. The first-order valence-electron chi connectivity index (χ1n) is 6.18. The highest BCUT2D eigenvalue weighted by molar-refractivity contribution is 5.22. The molecule has 0 amide bonds. The molecule has 0 atom stereocenters. The standard InChI is InChI=1S/C15H19NO2/c1-17-12-14-5-2-4-13(10-14)11-16-8-7-15-6-3-9-18-15/h2-6,9-10,16H,7-8,11-12H2,1H3. The van der Waals surface area contributed by atoms with Crippen molar-refractivity contribution >= 4 is 0 Å². The van der Waals surface area contributed by atoms with E-state index in [2.05, 4.69) is 29.6 Å². The van der Waals surface area contributed by atoms with Crippen molar-refractivity contribution in [2.24, 2.45) is 0 Å². The van der Waals surface area contributed by atoms with Crippen LogP contribution in [0.4, 0.5) is 0 Å². The van der Waals surface area contributed by atoms with E-state index in [1.807, 2.05) is 12.1 Å². The highest BCUT2D eigenvalue weighted by Crippen LogP contribution is 2.06. The van der Waals surface area contributed by atoms with Gasteiger partial charge in [0.1, 0.15) is 5.76 Å². The van der Waals surface area contributed by atoms with Gasteiger partial charge in [-0.15, -0.1) is 0 Å². The van der Waals surface area contributed by atoms with Gasteiger partial charge in [-0.1, -0.05) is 24.3 Å². The molecule has 0 aliphatic heterocycles. The third-order valence-electron chi connectivity index (χ3n) is 2.76. The predicted molar refractivity (Wildman–Crippen MR) is 71.3 cm³/mol. The van der Waals surface area contributed by atoms with Crippen molar-refractivity contribution in [3.8, 4) is 0 Å². The Kier molecular flexibility index (Phi) is 5.00. The van der Waals surface area contributed by atoms with Crippen LogP contribution in [0.1, 0.15) is 16.9 Å². The van der Waals surface area contributed by atoms with Crippen molar-refractivity contribution in [3.63, 3.8) is 0 Å². The van der Waals surface area contributed by atoms with Crippen molar-refractivity contribution in [3.05, 3.63) is 59.5 Å². The second-order valence-electron chi connectivity index (χ2n) is 4.26. The molecule has 0 spiro atoms. The third-order valence-corrected chi connectivity index (χ3v) is 2.76. The zero-order valence-corrected chi connectivity index (χ0v) is 10.7. The Balaban J connectivity index is 1.74. The molecular formula is C15H19NO2. The molecule has 0 unspecified atom stereocenters. The van der Waals surface area contributed by atoms with E-state index in [9.17, 15) is 0 Å². The topological polar surface area (TPSA) is 34.4 Å². The Morgan fingerprint density at radius 1 is 1.17 bits per heavy atom. The first-order valence-corrected chi connectivity index (χ1v) is 6.18. The van der Waals surface area contributed by atoms with E-state index >= 15 is 0 Å². The zero-order chi connectivity index (χ0) is 12.6. The fourth-order valence-electron chi connectivity index (χ4n) is 1.90. The van der Waals surface area contributed by atoms with Crippen LogP contribution < -0.4 is 5.32 Å². The molecule has 2 aromatic rings. The van der Waals surface area contributed by atoms with Crippen LogP contribution in [0.15, 0.2) is 47.1 Å². The maximum atomic E-state index is 5.28. The summed E-state index contributed by atoms with van der Waals surface area (Å²) in [6.45, 7) is 2.46. The number of methoxy groups -OCH3 is 1. The van der Waals surface area contributed by atoms with Crippen molar-refractivity contribution < 1.29 is 9.15 Å². The molecule has 1 N–H and O–H groups in total. The minimum Gasteiger partial charge on any atom is -0.469 e. The number of nitrogens with one attached hydrogen (secondary N) is 1. The number of hydrogen-bond donors (Lipinski definition) is 1. The quantitative estimate of drug-likeness (QED) is 0.762. The smallest absolute Gasteiger partial charge is 0.105 e. The molecular weight excluding hydrogens is 226 g/mol. The van der Waals surface area contributed by atoms with Gasteiger partial charge in [-0.05, 0) is 23.3 Å². The van der Waals surface area contributed by atoms with E-state index < -0.39 is 0 Å². The molecule has 1 aromatic heterocycles. The molecule has 0 aliphatic rings. The van der Waals surface area contributed by atoms with Crippen LogP contribution in [-0.2, 0) is 24.3 Å². The zero-order valence-electron chi connectivity index (χ0n) is 10.7. The average Bonchev–Trinajstić information content (AvgIpc) is 2.89. The second kappa shape index (κ2) is 6.99. The summed E-state index contributed by atoms with van der Waals surface area (Å²) in [7, 11) is 1.72. The fourth-order valence-corrected chi connectivity index (χ4v) is 1.90. The molecule has 2 rings (SSSR count). The fraction of sp³-hybridized carbons (Fsp3) is 0.333. The van der Waals surface area contributed by atoms with Crippen LogP contribution in [0.5, 0.6) is 0 Å². The molecule has 0 fully saturated rings. The van der Waals surface area contributed by atoms with Gasteiger partial charge in [0.25, 0.3) is 0 Å². The highest BCUT2D eigenvalue weighted by atomic mass is 16.5. The molecule has 0 bridgehead atoms. The van der Waals surface area contributed by atoms with Crippen molar-refractivity contribution in [1.82, 2.24) is 5.32 Å². The van der Waals surface area contributed by atoms with E-state index in [-0.39, 0.29) is 0 Å². The van der Waals surface area contributed by atoms with Crippen LogP contribution in [0, 0.1) is 0 Å². The van der Waals surface area contributed by atoms with Gasteiger partial charge in [0.15, 0.2) is 0 Å². The van der Waals surface area contributed by atoms with Gasteiger partial charge in [-0.3, -0.25) is 0 Å². The van der Waals surface area contributed by atoms with Crippen LogP contribution in [0.25, 0.3) is 0 Å². The van der Waals surface area contributed by atoms with Gasteiger partial charge in [-0.2, -0.15) is 0 Å². The van der Waals surface area contributed by atoms with Gasteiger partial charge < -0.3 is 14.5 Å². The van der Waals surface area contributed by atoms with E-state index in [1.165, 1.54) is 11.1 Å². The van der Waals surface area contributed by atoms with Crippen molar-refractivity contribution in [1.29, 1.82) is 0 Å². The first kappa shape index (κ1) is 12.9. The molecule has 18 heavy (non-hydrogen) atoms. The summed E-state index contributed by atoms with van der Waals surface area (Å²) in [4.78, 5) is 0. The maximum absolute atomic E-state index is 5.28. The van der Waals surface area contributed by atoms with E-state index in [0.29, 0.717) is 6.61 Å². The lowest BCUT2D eigenvalue weighted by atomic mass is 10.1. The molecule has 1 aromatic carbocycles. The normalized spacial score (nSPS) is 10.7. The van der Waals surface area contributed by atoms with Crippen molar-refractivity contribution in [2.75, 3.05) is 13.7 Å². The molecule has 3 heteroatoms. The monoisotopic (exact) mass is 245 g/mol. The molecule has 0 saturated carbocycles. The number of hydrogen-bond acceptors (Lipinski definition) is 3. The SMILES string of the molecule is COCc1cccc(CNCCc2ccco2)c1. The summed E-state index contributed by atoms with van der Waals surface area (Å²) in [5, 5.41) is 3.41. The summed E-state index contributed by atoms with van der Waals surface area (Å²) in [6, 6.07) is 12.4. The summed E-state index contributed by atoms with van der Waals surface area (Å²) in [5.74, 6) is 1.02. The average molecular weight is 245 g/mol. The lowest BCUT2D eigenvalue weighted by Crippen LogP contribution is -2.16. The summed E-state index contributed by atoms with van der Waals surface area (Å²) in [6.07, 6.45) is 2.63. The van der Waals surface area contributed by atoms with Gasteiger partial charge in [0.05, 0.1) is 12.9 Å². The van der Waals surface area contributed by atoms with Gasteiger partial charge in [-0.25, -0.2) is 0 Å². The van der Waals surface area contributed by atoms with Crippen molar-refractivity contribution in [2.45, 2.75) is 19.6 Å². The molecule has 0 saturated heterocycles. The summed E-state index contributed by atoms with van der Waals surface area (Å²) >= 11 is 0. The predicted octanol–water partition coefficient (Wildman–Crippen LogP) is 2.76. The highest BCUT2D eigenvalue weighted by Gasteiger charge is 1.97. The van der Waals surface area contributed by atoms with Crippen LogP contribution in [0.3, 0.4) is 0 Å². The maximum Gasteiger partial charge on any atom is 0.105 e. The van der Waals surface area contributed by atoms with E-state index in [1.54, 1.807) is 13.4 Å². The molecule has 1 heterocycles. The Morgan fingerprint density at radius 2 is 2.06 bits per heavy atom. The number of rotatable bonds is 7. The lowest BCUT2D eigenvalue weighted by Gasteiger charge is -2.06. The first-order chi connectivity index (χ1) is 8.88. The number of ether oxygens (including phenoxy) is 1. The van der Waals surface area contributed by atoms with Gasteiger partial charge >= 0.3 is 0 Å². The summed E-state index contributed by atoms with van der Waals surface area (Å²) in [5.41, 5.74) is 2.49. The minimum absolute atomic E-state index is 0.667. The van der Waals surface area contributed by atoms with Gasteiger partial charge in [0.2, 0.25) is 0 Å². The number of furan rings is 1. The Hall–Kier alpha value is -1.58. The van der Waals surface area contributed by atoms with Crippen LogP contribution in [-0.4, -0.2) is 13.7 Å². The molecule has 0 radical (unpaired) electrons. The summed E-state index contributed by atoms with van der Waals surface area (Å²) < 4.78 is 10.4. The third kappa shape index (κ3) is 4.02. The van der Waals surface area contributed by atoms with Crippen LogP contribution in [0.2, 0.25) is 0 Å². The molecule has 96 valence electrons. The Bertz CT molecular complexity index is 451. The largest absolute Gasteiger partial charge is 0.469 e. The number of benzene rings is 1. The van der Waals surface area contributed by atoms with E-state index in [4.69, 9.17) is 9.15 Å². The van der Waals surface area contributed by atoms with E-state index in [0.717, 1.165) is 25.3 Å². The Labute approximate surface area is 108 Å². The van der Waals surface area contributed by atoms with Gasteiger partial charge in [0, 0.05) is 26.6 Å². The van der Waals surface area contributed by atoms with Crippen LogP contribution >= 0.6 is 0 Å². The lowest BCUT2D eigenvalue weighted by molar-refractivity contribution is 0.185.